The molecule has 212 valence electrons. The average molecular weight is 545 g/mol. The molecule has 2 atom stereocenters. The molecule has 1 saturated heterocycles. The zero-order chi connectivity index (χ0) is 27.7. The molecule has 2 aliphatic heterocycles. The van der Waals surface area contributed by atoms with Crippen LogP contribution >= 0.6 is 0 Å². The van der Waals surface area contributed by atoms with Crippen molar-refractivity contribution in [1.29, 1.82) is 0 Å². The zero-order valence-corrected chi connectivity index (χ0v) is 23.3. The molecule has 5 rings (SSSR count). The lowest BCUT2D eigenvalue weighted by Crippen LogP contribution is -2.46. The van der Waals surface area contributed by atoms with Gasteiger partial charge in [-0.1, -0.05) is 60.7 Å². The second-order valence-electron chi connectivity index (χ2n) is 10.9. The van der Waals surface area contributed by atoms with Gasteiger partial charge in [0.2, 0.25) is 0 Å². The van der Waals surface area contributed by atoms with Crippen molar-refractivity contribution in [2.24, 2.45) is 0 Å². The van der Waals surface area contributed by atoms with Crippen LogP contribution in [0.2, 0.25) is 0 Å². The third-order valence-electron chi connectivity index (χ3n) is 7.89. The van der Waals surface area contributed by atoms with Gasteiger partial charge in [-0.25, -0.2) is 4.79 Å². The van der Waals surface area contributed by atoms with Gasteiger partial charge < -0.3 is 29.1 Å². The van der Waals surface area contributed by atoms with E-state index >= 15 is 0 Å². The van der Waals surface area contributed by atoms with E-state index < -0.39 is 6.09 Å². The summed E-state index contributed by atoms with van der Waals surface area (Å²) in [5.41, 5.74) is 6.25. The van der Waals surface area contributed by atoms with Crippen LogP contribution in [0.4, 0.5) is 4.79 Å². The predicted octanol–water partition coefficient (Wildman–Crippen LogP) is 5.71. The molecule has 2 unspecified atom stereocenters. The molecule has 7 nitrogen and oxygen atoms in total. The van der Waals surface area contributed by atoms with Crippen LogP contribution < -0.4 is 4.74 Å². The Labute approximate surface area is 237 Å². The Morgan fingerprint density at radius 1 is 0.925 bits per heavy atom. The molecule has 0 aliphatic carbocycles. The number of piperidine rings is 1. The molecule has 40 heavy (non-hydrogen) atoms. The number of likely N-dealkylation sites (tertiary alicyclic amines) is 1. The van der Waals surface area contributed by atoms with E-state index in [0.717, 1.165) is 49.2 Å². The van der Waals surface area contributed by atoms with Crippen molar-refractivity contribution in [3.05, 3.63) is 101 Å². The largest absolute Gasteiger partial charge is 0.494 e. The SMILES string of the molecule is CN1CCc2cc(COC3CN(C(=O)O)CCC3c3ccc(OCCCOCc4ccccc4)cc3)ccc2C1. The monoisotopic (exact) mass is 544 g/mol. The number of hydrogen-bond acceptors (Lipinski definition) is 5. The highest BCUT2D eigenvalue weighted by atomic mass is 16.5. The van der Waals surface area contributed by atoms with E-state index in [2.05, 4.69) is 54.4 Å². The maximum atomic E-state index is 11.7. The molecule has 0 spiro atoms. The summed E-state index contributed by atoms with van der Waals surface area (Å²) in [6, 6.07) is 25.0. The molecule has 1 N–H and O–H groups in total. The van der Waals surface area contributed by atoms with E-state index in [9.17, 15) is 9.90 Å². The number of nitrogens with zero attached hydrogens (tertiary/aromatic N) is 2. The van der Waals surface area contributed by atoms with Crippen LogP contribution in [0.5, 0.6) is 5.75 Å². The Hall–Kier alpha value is -3.39. The van der Waals surface area contributed by atoms with Gasteiger partial charge in [0, 0.05) is 32.0 Å². The van der Waals surface area contributed by atoms with Crippen LogP contribution in [0, 0.1) is 0 Å². The summed E-state index contributed by atoms with van der Waals surface area (Å²) in [5, 5.41) is 9.62. The van der Waals surface area contributed by atoms with Crippen molar-refractivity contribution in [2.75, 3.05) is 39.9 Å². The lowest BCUT2D eigenvalue weighted by Gasteiger charge is -2.37. The lowest BCUT2D eigenvalue weighted by atomic mass is 9.87. The summed E-state index contributed by atoms with van der Waals surface area (Å²) in [6.45, 7) is 5.26. The Morgan fingerprint density at radius 3 is 2.55 bits per heavy atom. The van der Waals surface area contributed by atoms with E-state index in [1.807, 2.05) is 30.3 Å². The number of amides is 1. The van der Waals surface area contributed by atoms with Gasteiger partial charge in [0.1, 0.15) is 5.75 Å². The van der Waals surface area contributed by atoms with Crippen LogP contribution in [0.1, 0.15) is 46.6 Å². The van der Waals surface area contributed by atoms with Gasteiger partial charge in [0.25, 0.3) is 0 Å². The maximum absolute atomic E-state index is 11.7. The summed E-state index contributed by atoms with van der Waals surface area (Å²) in [4.78, 5) is 15.5. The molecule has 0 aromatic heterocycles. The fourth-order valence-electron chi connectivity index (χ4n) is 5.61. The minimum absolute atomic E-state index is 0.127. The summed E-state index contributed by atoms with van der Waals surface area (Å²) >= 11 is 0. The predicted molar refractivity (Wildman–Crippen MR) is 155 cm³/mol. The molecule has 7 heteroatoms. The van der Waals surface area contributed by atoms with Crippen molar-refractivity contribution >= 4 is 6.09 Å². The number of rotatable bonds is 11. The van der Waals surface area contributed by atoms with E-state index in [-0.39, 0.29) is 12.0 Å². The molecule has 1 amide bonds. The first-order valence-electron chi connectivity index (χ1n) is 14.3. The Morgan fingerprint density at radius 2 is 1.75 bits per heavy atom. The van der Waals surface area contributed by atoms with Gasteiger partial charge >= 0.3 is 6.09 Å². The van der Waals surface area contributed by atoms with Crippen LogP contribution in [-0.4, -0.2) is 67.0 Å². The number of fused-ring (bicyclic) bond motifs is 1. The first-order chi connectivity index (χ1) is 19.5. The normalized spacial score (nSPS) is 19.3. The summed E-state index contributed by atoms with van der Waals surface area (Å²) < 4.78 is 18.1. The second-order valence-corrected chi connectivity index (χ2v) is 10.9. The molecule has 2 aliphatic rings. The number of hydrogen-bond donors (Lipinski definition) is 1. The number of carboxylic acid groups (broad SMARTS) is 1. The zero-order valence-electron chi connectivity index (χ0n) is 23.3. The van der Waals surface area contributed by atoms with Crippen molar-refractivity contribution in [2.45, 2.75) is 51.0 Å². The van der Waals surface area contributed by atoms with Crippen LogP contribution in [0.3, 0.4) is 0 Å². The third kappa shape index (κ3) is 7.62. The van der Waals surface area contributed by atoms with Gasteiger partial charge in [-0.2, -0.15) is 0 Å². The number of benzene rings is 3. The highest BCUT2D eigenvalue weighted by Gasteiger charge is 2.33. The summed E-state index contributed by atoms with van der Waals surface area (Å²) in [6.07, 6.45) is 1.50. The van der Waals surface area contributed by atoms with Crippen molar-refractivity contribution in [3.8, 4) is 5.75 Å². The fourth-order valence-corrected chi connectivity index (χ4v) is 5.61. The van der Waals surface area contributed by atoms with Gasteiger partial charge in [-0.3, -0.25) is 0 Å². The smallest absolute Gasteiger partial charge is 0.407 e. The molecule has 3 aromatic carbocycles. The van der Waals surface area contributed by atoms with Crippen molar-refractivity contribution in [3.63, 3.8) is 0 Å². The minimum Gasteiger partial charge on any atom is -0.494 e. The Bertz CT molecular complexity index is 1230. The first kappa shape index (κ1) is 28.1. The molecular formula is C33H40N2O5. The minimum atomic E-state index is -0.888. The molecule has 3 aromatic rings. The van der Waals surface area contributed by atoms with Gasteiger partial charge in [-0.05, 0) is 59.8 Å². The van der Waals surface area contributed by atoms with E-state index in [1.54, 1.807) is 0 Å². The topological polar surface area (TPSA) is 71.5 Å². The maximum Gasteiger partial charge on any atom is 0.407 e. The lowest BCUT2D eigenvalue weighted by molar-refractivity contribution is -0.0200. The first-order valence-corrected chi connectivity index (χ1v) is 14.3. The van der Waals surface area contributed by atoms with E-state index in [4.69, 9.17) is 14.2 Å². The summed E-state index contributed by atoms with van der Waals surface area (Å²) in [5.74, 6) is 0.953. The quantitative estimate of drug-likeness (QED) is 0.312. The highest BCUT2D eigenvalue weighted by molar-refractivity contribution is 5.65. The van der Waals surface area contributed by atoms with Gasteiger partial charge in [0.05, 0.1) is 39.1 Å². The molecule has 0 radical (unpaired) electrons. The number of carbonyl (C=O) groups is 1. The second kappa shape index (κ2) is 13.8. The van der Waals surface area contributed by atoms with Crippen LogP contribution in [-0.2, 0) is 35.7 Å². The third-order valence-corrected chi connectivity index (χ3v) is 7.89. The van der Waals surface area contributed by atoms with Crippen molar-refractivity contribution < 1.29 is 24.1 Å². The molecule has 0 saturated carbocycles. The Kier molecular flexibility index (Phi) is 9.71. The standard InChI is InChI=1S/C33H40N2O5/c1-34-16-14-28-20-26(8-9-29(28)21-34)24-40-32-22-35(33(36)37)17-15-31(32)27-10-12-30(13-11-27)39-19-5-18-38-23-25-6-3-2-4-7-25/h2-4,6-13,20,31-32H,5,14-19,21-24H2,1H3,(H,36,37). The van der Waals surface area contributed by atoms with E-state index in [0.29, 0.717) is 39.5 Å². The average Bonchev–Trinajstić information content (AvgIpc) is 2.98. The molecular weight excluding hydrogens is 504 g/mol. The molecule has 2 heterocycles. The summed E-state index contributed by atoms with van der Waals surface area (Å²) in [7, 11) is 2.15. The van der Waals surface area contributed by atoms with Crippen LogP contribution in [0.25, 0.3) is 0 Å². The van der Waals surface area contributed by atoms with Gasteiger partial charge in [0.15, 0.2) is 0 Å². The molecule has 0 bridgehead atoms. The van der Waals surface area contributed by atoms with E-state index in [1.165, 1.54) is 21.6 Å². The number of likely N-dealkylation sites (N-methyl/N-ethyl adjacent to an activating group) is 1. The highest BCUT2D eigenvalue weighted by Crippen LogP contribution is 2.32. The van der Waals surface area contributed by atoms with Crippen LogP contribution in [0.15, 0.2) is 72.8 Å². The Balaban J connectivity index is 1.13. The number of ether oxygens (including phenoxy) is 3. The molecule has 1 fully saturated rings. The van der Waals surface area contributed by atoms with Crippen molar-refractivity contribution in [1.82, 2.24) is 9.80 Å². The fraction of sp³-hybridized carbons (Fsp3) is 0.424. The van der Waals surface area contributed by atoms with Gasteiger partial charge in [-0.15, -0.1) is 0 Å².